The minimum Gasteiger partial charge on any atom is -0.376 e. The van der Waals surface area contributed by atoms with E-state index in [1.807, 2.05) is 12.1 Å². The predicted molar refractivity (Wildman–Crippen MR) is 130 cm³/mol. The van der Waals surface area contributed by atoms with E-state index in [0.717, 1.165) is 52.0 Å². The number of likely N-dealkylation sites (tertiary alicyclic amines) is 1. The molecule has 1 aromatic carbocycles. The number of carbonyl (C=O) groups is 1. The third-order valence-electron chi connectivity index (χ3n) is 7.85. The molecule has 3 aliphatic rings. The summed E-state index contributed by atoms with van der Waals surface area (Å²) in [6, 6.07) is 13.6. The van der Waals surface area contributed by atoms with Crippen LogP contribution in [-0.4, -0.2) is 65.6 Å². The third-order valence-corrected chi connectivity index (χ3v) is 7.85. The van der Waals surface area contributed by atoms with E-state index in [9.17, 15) is 4.79 Å². The number of piperidine rings is 1. The average molecular weight is 448 g/mol. The van der Waals surface area contributed by atoms with Gasteiger partial charge in [-0.05, 0) is 92.8 Å². The van der Waals surface area contributed by atoms with Crippen LogP contribution in [0, 0.1) is 5.92 Å². The highest BCUT2D eigenvalue weighted by Crippen LogP contribution is 2.29. The van der Waals surface area contributed by atoms with Crippen LogP contribution in [0.4, 0.5) is 0 Å². The molecule has 2 fully saturated rings. The summed E-state index contributed by atoms with van der Waals surface area (Å²) in [5.41, 5.74) is 4.25. The molecule has 5 heteroatoms. The van der Waals surface area contributed by atoms with Gasteiger partial charge in [0.1, 0.15) is 0 Å². The zero-order valence-electron chi connectivity index (χ0n) is 19.7. The fourth-order valence-electron chi connectivity index (χ4n) is 5.88. The van der Waals surface area contributed by atoms with Crippen molar-refractivity contribution in [3.8, 4) is 0 Å². The Bertz CT molecular complexity index is 879. The number of nitrogens with zero attached hydrogens (tertiary/aromatic N) is 3. The fourth-order valence-corrected chi connectivity index (χ4v) is 5.88. The Morgan fingerprint density at radius 1 is 1.00 bits per heavy atom. The van der Waals surface area contributed by atoms with Crippen LogP contribution in [0.15, 0.2) is 48.8 Å². The lowest BCUT2D eigenvalue weighted by molar-refractivity contribution is -0.133. The number of aryl methyl sites for hydroxylation is 1. The van der Waals surface area contributed by atoms with Crippen LogP contribution >= 0.6 is 0 Å². The third kappa shape index (κ3) is 5.82. The standard InChI is InChI=1S/C28H37N3O2/c32-28(8-7-22-9-13-29-14-10-22)31(21-27-6-3-17-33-27)20-23-11-15-30(16-12-23)26-18-24-4-1-2-5-25(24)19-26/h1-2,4-5,9-10,13-14,23,26-27H,3,6-8,11-12,15-21H2/t27-/m1/s1. The lowest BCUT2D eigenvalue weighted by atomic mass is 9.94. The van der Waals surface area contributed by atoms with Gasteiger partial charge in [0.2, 0.25) is 5.91 Å². The van der Waals surface area contributed by atoms with E-state index in [2.05, 4.69) is 39.0 Å². The van der Waals surface area contributed by atoms with Gasteiger partial charge in [-0.15, -0.1) is 0 Å². The Hall–Kier alpha value is -2.24. The maximum absolute atomic E-state index is 13.2. The molecule has 5 nitrogen and oxygen atoms in total. The summed E-state index contributed by atoms with van der Waals surface area (Å²) < 4.78 is 5.89. The number of hydrogen-bond donors (Lipinski definition) is 0. The molecular weight excluding hydrogens is 410 g/mol. The Morgan fingerprint density at radius 2 is 1.73 bits per heavy atom. The van der Waals surface area contributed by atoms with Gasteiger partial charge in [0.25, 0.3) is 0 Å². The van der Waals surface area contributed by atoms with E-state index in [-0.39, 0.29) is 12.0 Å². The Kier molecular flexibility index (Phi) is 7.37. The number of fused-ring (bicyclic) bond motifs is 1. The summed E-state index contributed by atoms with van der Waals surface area (Å²) in [6.07, 6.45) is 12.1. The van der Waals surface area contributed by atoms with Crippen LogP contribution in [0.25, 0.3) is 0 Å². The Balaban J connectivity index is 1.14. The van der Waals surface area contributed by atoms with E-state index in [1.54, 1.807) is 12.4 Å². The molecule has 0 saturated carbocycles. The van der Waals surface area contributed by atoms with E-state index >= 15 is 0 Å². The van der Waals surface area contributed by atoms with Gasteiger partial charge in [-0.1, -0.05) is 24.3 Å². The minimum atomic E-state index is 0.215. The summed E-state index contributed by atoms with van der Waals surface area (Å²) in [7, 11) is 0. The second-order valence-electron chi connectivity index (χ2n) is 10.1. The zero-order valence-corrected chi connectivity index (χ0v) is 19.7. The number of carbonyl (C=O) groups excluding carboxylic acids is 1. The molecule has 5 rings (SSSR count). The topological polar surface area (TPSA) is 45.7 Å². The van der Waals surface area contributed by atoms with Gasteiger partial charge >= 0.3 is 0 Å². The minimum absolute atomic E-state index is 0.215. The van der Waals surface area contributed by atoms with Crippen molar-refractivity contribution in [3.63, 3.8) is 0 Å². The fraction of sp³-hybridized carbons (Fsp3) is 0.571. The van der Waals surface area contributed by atoms with Gasteiger partial charge < -0.3 is 9.64 Å². The highest BCUT2D eigenvalue weighted by molar-refractivity contribution is 5.76. The van der Waals surface area contributed by atoms with Crippen molar-refractivity contribution < 1.29 is 9.53 Å². The lowest BCUT2D eigenvalue weighted by Gasteiger charge is -2.38. The van der Waals surface area contributed by atoms with Crippen molar-refractivity contribution >= 4 is 5.91 Å². The molecule has 2 saturated heterocycles. The first kappa shape index (κ1) is 22.5. The molecule has 1 aromatic heterocycles. The lowest BCUT2D eigenvalue weighted by Crippen LogP contribution is -2.46. The second kappa shape index (κ2) is 10.8. The maximum Gasteiger partial charge on any atom is 0.222 e. The smallest absolute Gasteiger partial charge is 0.222 e. The van der Waals surface area contributed by atoms with Crippen LogP contribution in [0.3, 0.4) is 0 Å². The van der Waals surface area contributed by atoms with Crippen molar-refractivity contribution in [2.24, 2.45) is 5.92 Å². The van der Waals surface area contributed by atoms with Crippen molar-refractivity contribution in [3.05, 3.63) is 65.5 Å². The van der Waals surface area contributed by atoms with E-state index in [0.29, 0.717) is 18.4 Å². The number of amides is 1. The Labute approximate surface area is 198 Å². The number of rotatable bonds is 8. The van der Waals surface area contributed by atoms with Crippen molar-refractivity contribution in [2.45, 2.75) is 63.5 Å². The first-order valence-corrected chi connectivity index (χ1v) is 12.8. The maximum atomic E-state index is 13.2. The second-order valence-corrected chi connectivity index (χ2v) is 10.1. The van der Waals surface area contributed by atoms with Crippen LogP contribution in [0.5, 0.6) is 0 Å². The van der Waals surface area contributed by atoms with Gasteiger partial charge in [0.15, 0.2) is 0 Å². The number of benzene rings is 1. The summed E-state index contributed by atoms with van der Waals surface area (Å²) in [5, 5.41) is 0. The summed E-state index contributed by atoms with van der Waals surface area (Å²) in [5.74, 6) is 0.868. The normalized spacial score (nSPS) is 21.9. The number of ether oxygens (including phenoxy) is 1. The van der Waals surface area contributed by atoms with Crippen LogP contribution in [0.1, 0.15) is 48.8 Å². The molecule has 0 unspecified atom stereocenters. The molecule has 3 heterocycles. The molecule has 0 radical (unpaired) electrons. The highest BCUT2D eigenvalue weighted by atomic mass is 16.5. The van der Waals surface area contributed by atoms with E-state index < -0.39 is 0 Å². The molecule has 1 aliphatic carbocycles. The zero-order chi connectivity index (χ0) is 22.5. The summed E-state index contributed by atoms with van der Waals surface area (Å²) >= 11 is 0. The molecule has 176 valence electrons. The Morgan fingerprint density at radius 3 is 2.39 bits per heavy atom. The van der Waals surface area contributed by atoms with Crippen LogP contribution < -0.4 is 0 Å². The van der Waals surface area contributed by atoms with Crippen molar-refractivity contribution in [2.75, 3.05) is 32.8 Å². The molecule has 1 atom stereocenters. The molecule has 33 heavy (non-hydrogen) atoms. The van der Waals surface area contributed by atoms with Crippen molar-refractivity contribution in [1.82, 2.24) is 14.8 Å². The van der Waals surface area contributed by atoms with E-state index in [4.69, 9.17) is 4.74 Å². The molecular formula is C28H37N3O2. The van der Waals surface area contributed by atoms with Gasteiger partial charge in [-0.3, -0.25) is 14.7 Å². The van der Waals surface area contributed by atoms with Crippen LogP contribution in [0.2, 0.25) is 0 Å². The van der Waals surface area contributed by atoms with E-state index in [1.165, 1.54) is 42.4 Å². The molecule has 2 aromatic rings. The first-order chi connectivity index (χ1) is 16.2. The van der Waals surface area contributed by atoms with Crippen molar-refractivity contribution in [1.29, 1.82) is 0 Å². The first-order valence-electron chi connectivity index (χ1n) is 12.8. The van der Waals surface area contributed by atoms with Crippen LogP contribution in [-0.2, 0) is 28.8 Å². The molecule has 0 bridgehead atoms. The molecule has 0 spiro atoms. The number of pyridine rings is 1. The number of hydrogen-bond acceptors (Lipinski definition) is 4. The predicted octanol–water partition coefficient (Wildman–Crippen LogP) is 3.90. The highest BCUT2D eigenvalue weighted by Gasteiger charge is 2.31. The monoisotopic (exact) mass is 447 g/mol. The van der Waals surface area contributed by atoms with Gasteiger partial charge in [-0.25, -0.2) is 0 Å². The number of aromatic nitrogens is 1. The largest absolute Gasteiger partial charge is 0.376 e. The SMILES string of the molecule is O=C(CCc1ccncc1)N(CC1CCN(C2Cc3ccccc3C2)CC1)C[C@H]1CCCO1. The molecule has 1 amide bonds. The van der Waals surface area contributed by atoms with Gasteiger partial charge in [-0.2, -0.15) is 0 Å². The van der Waals surface area contributed by atoms with Gasteiger partial charge in [0.05, 0.1) is 6.10 Å². The molecule has 2 aliphatic heterocycles. The summed E-state index contributed by atoms with van der Waals surface area (Å²) in [4.78, 5) is 22.1. The average Bonchev–Trinajstić information content (AvgIpc) is 3.53. The molecule has 0 N–H and O–H groups in total. The van der Waals surface area contributed by atoms with Gasteiger partial charge in [0, 0.05) is 44.6 Å². The quantitative estimate of drug-likeness (QED) is 0.616. The summed E-state index contributed by atoms with van der Waals surface area (Å²) in [6.45, 7) is 4.79.